The van der Waals surface area contributed by atoms with Crippen molar-refractivity contribution in [3.05, 3.63) is 82.0 Å². The van der Waals surface area contributed by atoms with Crippen LogP contribution in [0.25, 0.3) is 0 Å². The molecule has 166 valence electrons. The van der Waals surface area contributed by atoms with Gasteiger partial charge in [-0.1, -0.05) is 35.9 Å². The van der Waals surface area contributed by atoms with Crippen LogP contribution in [0.4, 0.5) is 11.4 Å². The van der Waals surface area contributed by atoms with E-state index in [4.69, 9.17) is 0 Å². The van der Waals surface area contributed by atoms with Crippen molar-refractivity contribution in [3.8, 4) is 0 Å². The number of hydrogen-bond donors (Lipinski definition) is 1. The lowest BCUT2D eigenvalue weighted by Gasteiger charge is -2.27. The van der Waals surface area contributed by atoms with E-state index in [1.807, 2.05) is 73.0 Å². The van der Waals surface area contributed by atoms with Crippen LogP contribution in [0.1, 0.15) is 28.5 Å². The summed E-state index contributed by atoms with van der Waals surface area (Å²) in [5.41, 5.74) is 3.96. The van der Waals surface area contributed by atoms with E-state index in [-0.39, 0.29) is 24.3 Å². The number of carbonyl (C=O) groups is 2. The molecule has 5 nitrogen and oxygen atoms in total. The van der Waals surface area contributed by atoms with E-state index in [0.29, 0.717) is 0 Å². The zero-order valence-electron chi connectivity index (χ0n) is 18.7. The number of nitrogens with one attached hydrogen (secondary N) is 1. The molecule has 6 heteroatoms. The number of carbonyl (C=O) groups excluding carboxylic acids is 2. The molecule has 2 aromatic carbocycles. The van der Waals surface area contributed by atoms with Gasteiger partial charge in [0.05, 0.1) is 12.0 Å². The highest BCUT2D eigenvalue weighted by atomic mass is 32.1. The molecule has 2 unspecified atom stereocenters. The van der Waals surface area contributed by atoms with Crippen LogP contribution in [0.15, 0.2) is 66.0 Å². The number of thiophene rings is 1. The third-order valence-electron chi connectivity index (χ3n) is 5.88. The summed E-state index contributed by atoms with van der Waals surface area (Å²) in [6.07, 6.45) is 1.16. The molecule has 2 amide bonds. The lowest BCUT2D eigenvalue weighted by atomic mass is 9.97. The third kappa shape index (κ3) is 4.92. The number of anilines is 2. The molecule has 1 aromatic heterocycles. The highest BCUT2D eigenvalue weighted by Gasteiger charge is 2.45. The normalized spacial score (nSPS) is 18.4. The molecule has 2 heterocycles. The number of likely N-dealkylation sites (N-methyl/N-ethyl adjacent to an activating group) is 1. The van der Waals surface area contributed by atoms with Crippen molar-refractivity contribution in [1.82, 2.24) is 4.90 Å². The molecule has 0 saturated carbocycles. The maximum absolute atomic E-state index is 13.3. The quantitative estimate of drug-likeness (QED) is 0.561. The predicted octanol–water partition coefficient (Wildman–Crippen LogP) is 4.89. The van der Waals surface area contributed by atoms with Crippen LogP contribution in [0, 0.1) is 12.8 Å². The molecule has 0 bridgehead atoms. The number of benzene rings is 2. The summed E-state index contributed by atoms with van der Waals surface area (Å²) in [4.78, 5) is 31.3. The maximum atomic E-state index is 13.3. The zero-order valence-corrected chi connectivity index (χ0v) is 19.6. The van der Waals surface area contributed by atoms with E-state index < -0.39 is 5.92 Å². The second-order valence-electron chi connectivity index (χ2n) is 8.61. The molecule has 0 radical (unpaired) electrons. The fraction of sp³-hybridized carbons (Fsp3) is 0.308. The average Bonchev–Trinajstić information content (AvgIpc) is 3.41. The first-order valence-corrected chi connectivity index (χ1v) is 11.8. The Kier molecular flexibility index (Phi) is 6.72. The molecule has 3 aromatic rings. The Balaban J connectivity index is 1.54. The Morgan fingerprint density at radius 2 is 1.81 bits per heavy atom. The fourth-order valence-electron chi connectivity index (χ4n) is 4.11. The molecule has 1 fully saturated rings. The van der Waals surface area contributed by atoms with Crippen molar-refractivity contribution in [2.24, 2.45) is 5.92 Å². The van der Waals surface area contributed by atoms with Crippen LogP contribution in [0.3, 0.4) is 0 Å². The molecule has 32 heavy (non-hydrogen) atoms. The summed E-state index contributed by atoms with van der Waals surface area (Å²) < 4.78 is 0. The number of hydrogen-bond acceptors (Lipinski definition) is 4. The molecule has 4 rings (SSSR count). The monoisotopic (exact) mass is 447 g/mol. The van der Waals surface area contributed by atoms with Gasteiger partial charge in [0.25, 0.3) is 0 Å². The van der Waals surface area contributed by atoms with Crippen molar-refractivity contribution in [2.45, 2.75) is 25.8 Å². The summed E-state index contributed by atoms with van der Waals surface area (Å²) >= 11 is 1.58. The Morgan fingerprint density at radius 1 is 1.09 bits per heavy atom. The van der Waals surface area contributed by atoms with Crippen molar-refractivity contribution in [3.63, 3.8) is 0 Å². The molecule has 1 N–H and O–H groups in total. The van der Waals surface area contributed by atoms with Crippen LogP contribution in [0.5, 0.6) is 0 Å². The third-order valence-corrected chi connectivity index (χ3v) is 6.82. The minimum Gasteiger partial charge on any atom is -0.326 e. The smallest absolute Gasteiger partial charge is 0.230 e. The summed E-state index contributed by atoms with van der Waals surface area (Å²) in [5, 5.41) is 5.04. The van der Waals surface area contributed by atoms with Crippen LogP contribution < -0.4 is 10.2 Å². The summed E-state index contributed by atoms with van der Waals surface area (Å²) in [5.74, 6) is -0.588. The second kappa shape index (κ2) is 9.67. The molecular formula is C26H29N3O2S. The van der Waals surface area contributed by atoms with Gasteiger partial charge in [-0.3, -0.25) is 9.59 Å². The first kappa shape index (κ1) is 22.2. The van der Waals surface area contributed by atoms with Crippen molar-refractivity contribution in [1.29, 1.82) is 0 Å². The molecule has 2 atom stereocenters. The number of aryl methyl sites for hydroxylation is 1. The molecule has 0 spiro atoms. The van der Waals surface area contributed by atoms with Gasteiger partial charge < -0.3 is 15.1 Å². The predicted molar refractivity (Wildman–Crippen MR) is 131 cm³/mol. The molecule has 1 aliphatic heterocycles. The fourth-order valence-corrected chi connectivity index (χ4v) is 4.99. The van der Waals surface area contributed by atoms with Gasteiger partial charge >= 0.3 is 0 Å². The van der Waals surface area contributed by atoms with Crippen LogP contribution in [-0.2, 0) is 16.0 Å². The largest absolute Gasteiger partial charge is 0.326 e. The van der Waals surface area contributed by atoms with Gasteiger partial charge in [0.1, 0.15) is 0 Å². The minimum absolute atomic E-state index is 0.0218. The van der Waals surface area contributed by atoms with E-state index in [0.717, 1.165) is 34.8 Å². The van der Waals surface area contributed by atoms with Crippen LogP contribution in [-0.4, -0.2) is 37.4 Å². The van der Waals surface area contributed by atoms with E-state index in [9.17, 15) is 9.59 Å². The number of nitrogens with zero attached hydrogens (tertiary/aromatic N) is 2. The van der Waals surface area contributed by atoms with Gasteiger partial charge in [-0.25, -0.2) is 0 Å². The topological polar surface area (TPSA) is 52.7 Å². The second-order valence-corrected chi connectivity index (χ2v) is 9.59. The average molecular weight is 448 g/mol. The van der Waals surface area contributed by atoms with E-state index in [2.05, 4.69) is 24.3 Å². The first-order chi connectivity index (χ1) is 15.4. The highest BCUT2D eigenvalue weighted by Crippen LogP contribution is 2.43. The summed E-state index contributed by atoms with van der Waals surface area (Å²) in [7, 11) is 4.11. The Hall–Kier alpha value is -2.96. The summed E-state index contributed by atoms with van der Waals surface area (Å²) in [6.45, 7) is 3.00. The van der Waals surface area contributed by atoms with Crippen molar-refractivity contribution >= 4 is 34.5 Å². The Morgan fingerprint density at radius 3 is 2.44 bits per heavy atom. The summed E-state index contributed by atoms with van der Waals surface area (Å²) in [6, 6.07) is 19.6. The first-order valence-electron chi connectivity index (χ1n) is 10.9. The molecule has 1 aliphatic rings. The molecule has 1 saturated heterocycles. The SMILES string of the molecule is Cc1ccc(N2C(=O)CC(C(=O)Nc3ccc(CCN(C)C)cc3)C2c2cccs2)cc1. The van der Waals surface area contributed by atoms with Crippen molar-refractivity contribution < 1.29 is 9.59 Å². The van der Waals surface area contributed by atoms with E-state index in [1.54, 1.807) is 16.2 Å². The minimum atomic E-state index is -0.448. The Labute approximate surface area is 193 Å². The lowest BCUT2D eigenvalue weighted by molar-refractivity contribution is -0.122. The van der Waals surface area contributed by atoms with Crippen LogP contribution in [0.2, 0.25) is 0 Å². The maximum Gasteiger partial charge on any atom is 0.230 e. The van der Waals surface area contributed by atoms with E-state index >= 15 is 0 Å². The number of rotatable bonds is 7. The van der Waals surface area contributed by atoms with Gasteiger partial charge in [0.2, 0.25) is 11.8 Å². The van der Waals surface area contributed by atoms with Gasteiger partial charge in [0.15, 0.2) is 0 Å². The Bertz CT molecular complexity index is 1060. The highest BCUT2D eigenvalue weighted by molar-refractivity contribution is 7.10. The molecular weight excluding hydrogens is 418 g/mol. The van der Waals surface area contributed by atoms with Crippen LogP contribution >= 0.6 is 11.3 Å². The van der Waals surface area contributed by atoms with Gasteiger partial charge in [0, 0.05) is 29.2 Å². The van der Waals surface area contributed by atoms with E-state index in [1.165, 1.54) is 5.56 Å². The number of amides is 2. The zero-order chi connectivity index (χ0) is 22.7. The van der Waals surface area contributed by atoms with Gasteiger partial charge in [-0.2, -0.15) is 0 Å². The standard InChI is InChI=1S/C26H29N3O2S/c1-18-6-12-21(13-7-18)29-24(30)17-22(25(29)23-5-4-16-32-23)26(31)27-20-10-8-19(9-11-20)14-15-28(2)3/h4-13,16,22,25H,14-15,17H2,1-3H3,(H,27,31). The van der Waals surface area contributed by atoms with Gasteiger partial charge in [-0.15, -0.1) is 11.3 Å². The lowest BCUT2D eigenvalue weighted by Crippen LogP contribution is -2.32. The molecule has 0 aliphatic carbocycles. The van der Waals surface area contributed by atoms with Crippen molar-refractivity contribution in [2.75, 3.05) is 30.9 Å². The van der Waals surface area contributed by atoms with Gasteiger partial charge in [-0.05, 0) is 68.7 Å².